The molecule has 0 aromatic heterocycles. The van der Waals surface area contributed by atoms with Crippen molar-refractivity contribution in [3.63, 3.8) is 0 Å². The third kappa shape index (κ3) is 0.659. The minimum absolute atomic E-state index is 0.184. The number of fused-ring (bicyclic) bond motifs is 5. The van der Waals surface area contributed by atoms with E-state index in [1.54, 1.807) is 0 Å². The summed E-state index contributed by atoms with van der Waals surface area (Å²) in [5, 5.41) is 9.45. The zero-order valence-corrected chi connectivity index (χ0v) is 6.88. The summed E-state index contributed by atoms with van der Waals surface area (Å²) in [6, 6.07) is 0. The highest BCUT2D eigenvalue weighted by molar-refractivity contribution is 6.05. The molecule has 1 N–H and O–H groups in total. The van der Waals surface area contributed by atoms with Gasteiger partial charge in [-0.25, -0.2) is 0 Å². The van der Waals surface area contributed by atoms with Gasteiger partial charge in [0.05, 0.1) is 11.8 Å². The van der Waals surface area contributed by atoms with Crippen LogP contribution in [0, 0.1) is 23.7 Å². The average Bonchev–Trinajstić information content (AvgIpc) is 2.76. The normalized spacial score (nSPS) is 46.4. The fourth-order valence-corrected chi connectivity index (χ4v) is 2.89. The molecule has 0 aromatic rings. The lowest BCUT2D eigenvalue weighted by molar-refractivity contribution is -0.173. The Balaban J connectivity index is 2.08. The topological polar surface area (TPSA) is 57.6 Å². The number of carbonyl (C=O) groups is 2. The molecule has 3 rings (SSSR count). The van der Waals surface area contributed by atoms with Crippen LogP contribution in [0.3, 0.4) is 0 Å². The van der Waals surface area contributed by atoms with E-state index < -0.39 is 11.8 Å². The lowest BCUT2D eigenvalue weighted by Gasteiger charge is -2.13. The third-order valence-corrected chi connectivity index (χ3v) is 3.45. The van der Waals surface area contributed by atoms with Gasteiger partial charge in [-0.15, -0.1) is 0 Å². The van der Waals surface area contributed by atoms with E-state index in [0.717, 1.165) is 6.42 Å². The monoisotopic (exact) mass is 179 g/mol. The molecule has 0 unspecified atom stereocenters. The van der Waals surface area contributed by atoms with Crippen molar-refractivity contribution in [1.82, 2.24) is 5.06 Å². The van der Waals surface area contributed by atoms with Gasteiger partial charge in [0.2, 0.25) is 0 Å². The van der Waals surface area contributed by atoms with Gasteiger partial charge in [-0.05, 0) is 18.3 Å². The Bertz CT molecular complexity index is 306. The Morgan fingerprint density at radius 3 is 2.08 bits per heavy atom. The van der Waals surface area contributed by atoms with Crippen molar-refractivity contribution < 1.29 is 14.8 Å². The lowest BCUT2D eigenvalue weighted by Crippen LogP contribution is -2.29. The number of rotatable bonds is 0. The van der Waals surface area contributed by atoms with Gasteiger partial charge in [0.25, 0.3) is 11.8 Å². The molecule has 2 bridgehead atoms. The van der Waals surface area contributed by atoms with E-state index >= 15 is 0 Å². The third-order valence-electron chi connectivity index (χ3n) is 3.45. The van der Waals surface area contributed by atoms with Crippen LogP contribution in [0.15, 0.2) is 12.2 Å². The van der Waals surface area contributed by atoms with Crippen molar-refractivity contribution in [2.24, 2.45) is 23.7 Å². The first kappa shape index (κ1) is 7.26. The number of hydrogen-bond donors (Lipinski definition) is 1. The number of hydrogen-bond acceptors (Lipinski definition) is 3. The molecule has 4 atom stereocenters. The van der Waals surface area contributed by atoms with Crippen LogP contribution in [0.2, 0.25) is 0 Å². The van der Waals surface area contributed by atoms with E-state index in [2.05, 4.69) is 0 Å². The van der Waals surface area contributed by atoms with Crippen molar-refractivity contribution in [3.8, 4) is 0 Å². The molecule has 2 amide bonds. The predicted octanol–water partition coefficient (Wildman–Crippen LogP) is 0.183. The maximum atomic E-state index is 11.4. The molecule has 1 saturated heterocycles. The second-order valence-corrected chi connectivity index (χ2v) is 3.99. The summed E-state index contributed by atoms with van der Waals surface area (Å²) in [5.74, 6) is -0.995. The molecule has 3 aliphatic rings. The number of allylic oxidation sites excluding steroid dienone is 2. The Hall–Kier alpha value is -1.16. The number of hydroxylamine groups is 2. The number of amides is 2. The van der Waals surface area contributed by atoms with Crippen molar-refractivity contribution in [1.29, 1.82) is 0 Å². The summed E-state index contributed by atoms with van der Waals surface area (Å²) in [7, 11) is 0. The summed E-state index contributed by atoms with van der Waals surface area (Å²) in [4.78, 5) is 22.8. The average molecular weight is 179 g/mol. The van der Waals surface area contributed by atoms with Gasteiger partial charge in [0, 0.05) is 0 Å². The lowest BCUT2D eigenvalue weighted by atomic mass is 9.85. The smallest absolute Gasteiger partial charge is 0.257 e. The maximum Gasteiger partial charge on any atom is 0.257 e. The van der Waals surface area contributed by atoms with Crippen LogP contribution in [-0.2, 0) is 9.59 Å². The molecule has 4 heteroatoms. The molecule has 0 aromatic carbocycles. The molecular weight excluding hydrogens is 170 g/mol. The molecule has 0 spiro atoms. The predicted molar refractivity (Wildman–Crippen MR) is 41.4 cm³/mol. The first-order valence-electron chi connectivity index (χ1n) is 4.45. The highest BCUT2D eigenvalue weighted by Gasteiger charge is 2.59. The molecule has 2 fully saturated rings. The first-order valence-corrected chi connectivity index (χ1v) is 4.45. The highest BCUT2D eigenvalue weighted by Crippen LogP contribution is 2.51. The van der Waals surface area contributed by atoms with Crippen LogP contribution in [0.5, 0.6) is 0 Å². The molecular formula is C9H9NO3. The Labute approximate surface area is 74.8 Å². The zero-order valence-electron chi connectivity index (χ0n) is 6.88. The van der Waals surface area contributed by atoms with E-state index in [-0.39, 0.29) is 23.7 Å². The van der Waals surface area contributed by atoms with E-state index in [1.807, 2.05) is 12.2 Å². The van der Waals surface area contributed by atoms with Gasteiger partial charge in [0.15, 0.2) is 0 Å². The van der Waals surface area contributed by atoms with E-state index in [0.29, 0.717) is 5.06 Å². The minimum Gasteiger partial charge on any atom is -0.278 e. The van der Waals surface area contributed by atoms with Crippen LogP contribution in [0.25, 0.3) is 0 Å². The second-order valence-electron chi connectivity index (χ2n) is 3.99. The van der Waals surface area contributed by atoms with Crippen LogP contribution in [0.4, 0.5) is 0 Å². The summed E-state index contributed by atoms with van der Waals surface area (Å²) < 4.78 is 0. The van der Waals surface area contributed by atoms with Crippen LogP contribution < -0.4 is 0 Å². The number of nitrogens with zero attached hydrogens (tertiary/aromatic N) is 1. The molecule has 2 aliphatic carbocycles. The molecule has 1 heterocycles. The molecule has 4 nitrogen and oxygen atoms in total. The zero-order chi connectivity index (χ0) is 9.16. The molecule has 1 aliphatic heterocycles. The van der Waals surface area contributed by atoms with Crippen molar-refractivity contribution in [3.05, 3.63) is 12.2 Å². The fraction of sp³-hybridized carbons (Fsp3) is 0.556. The van der Waals surface area contributed by atoms with E-state index in [4.69, 9.17) is 5.21 Å². The maximum absolute atomic E-state index is 11.4. The van der Waals surface area contributed by atoms with Gasteiger partial charge < -0.3 is 0 Å². The quantitative estimate of drug-likeness (QED) is 0.328. The fourth-order valence-electron chi connectivity index (χ4n) is 2.89. The van der Waals surface area contributed by atoms with Crippen molar-refractivity contribution >= 4 is 11.8 Å². The van der Waals surface area contributed by atoms with Gasteiger partial charge in [-0.2, -0.15) is 5.06 Å². The summed E-state index contributed by atoms with van der Waals surface area (Å²) in [5.41, 5.74) is 0. The van der Waals surface area contributed by atoms with Gasteiger partial charge in [-0.1, -0.05) is 12.2 Å². The van der Waals surface area contributed by atoms with E-state index in [1.165, 1.54) is 0 Å². The van der Waals surface area contributed by atoms with Gasteiger partial charge in [-0.3, -0.25) is 14.8 Å². The molecule has 0 radical (unpaired) electrons. The van der Waals surface area contributed by atoms with E-state index in [9.17, 15) is 9.59 Å². The Morgan fingerprint density at radius 2 is 1.62 bits per heavy atom. The largest absolute Gasteiger partial charge is 0.278 e. The minimum atomic E-state index is -0.410. The van der Waals surface area contributed by atoms with Crippen LogP contribution in [-0.4, -0.2) is 22.1 Å². The molecule has 68 valence electrons. The molecule has 1 saturated carbocycles. The van der Waals surface area contributed by atoms with Gasteiger partial charge >= 0.3 is 0 Å². The SMILES string of the molecule is O=C1[C@@H]2[C@H](C(=O)N1O)[C@@H]1C=C[C@@H]2C1. The Kier molecular flexibility index (Phi) is 1.12. The molecule has 13 heavy (non-hydrogen) atoms. The Morgan fingerprint density at radius 1 is 1.15 bits per heavy atom. The summed E-state index contributed by atoms with van der Waals surface area (Å²) in [6.07, 6.45) is 4.90. The first-order chi connectivity index (χ1) is 6.20. The van der Waals surface area contributed by atoms with Crippen molar-refractivity contribution in [2.45, 2.75) is 6.42 Å². The number of carbonyl (C=O) groups excluding carboxylic acids is 2. The van der Waals surface area contributed by atoms with Gasteiger partial charge in [0.1, 0.15) is 0 Å². The van der Waals surface area contributed by atoms with Crippen LogP contribution in [0.1, 0.15) is 6.42 Å². The standard InChI is InChI=1S/C9H9NO3/c11-8-6-4-1-2-5(3-4)7(6)9(12)10(8)13/h1-2,4-7,13H,3H2/t4-,5-,6-,7+/m1/s1. The summed E-state index contributed by atoms with van der Waals surface area (Å²) in [6.45, 7) is 0. The highest BCUT2D eigenvalue weighted by atomic mass is 16.5. The van der Waals surface area contributed by atoms with Crippen molar-refractivity contribution in [2.75, 3.05) is 0 Å². The summed E-state index contributed by atoms with van der Waals surface area (Å²) >= 11 is 0. The second kappa shape index (κ2) is 2.01. The number of imide groups is 1. The van der Waals surface area contributed by atoms with Crippen LogP contribution >= 0.6 is 0 Å².